The Bertz CT molecular complexity index is 385. The van der Waals surface area contributed by atoms with Gasteiger partial charge < -0.3 is 5.73 Å². The lowest BCUT2D eigenvalue weighted by molar-refractivity contribution is 0.160. The predicted molar refractivity (Wildman–Crippen MR) is 68.1 cm³/mol. The maximum Gasteiger partial charge on any atom is 0.130 e. The molecule has 1 atom stereocenters. The third kappa shape index (κ3) is 2.70. The fourth-order valence-corrected chi connectivity index (χ4v) is 2.56. The second-order valence-corrected chi connectivity index (χ2v) is 5.12. The highest BCUT2D eigenvalue weighted by molar-refractivity contribution is 5.23. The molecular weight excluding hydrogens is 234 g/mol. The quantitative estimate of drug-likeness (QED) is 0.875. The van der Waals surface area contributed by atoms with Gasteiger partial charge in [-0.3, -0.25) is 4.90 Å². The molecule has 2 N–H and O–H groups in total. The van der Waals surface area contributed by atoms with Gasteiger partial charge in [0.1, 0.15) is 11.6 Å². The largest absolute Gasteiger partial charge is 0.329 e. The number of nitrogens with two attached hydrogens (primary N) is 1. The van der Waals surface area contributed by atoms with E-state index in [0.717, 1.165) is 6.54 Å². The highest BCUT2D eigenvalue weighted by Crippen LogP contribution is 2.30. The summed E-state index contributed by atoms with van der Waals surface area (Å²) in [6, 6.07) is 3.58. The molecule has 2 rings (SSSR count). The van der Waals surface area contributed by atoms with Crippen LogP contribution in [-0.2, 0) is 0 Å². The maximum absolute atomic E-state index is 13.8. The first-order valence-corrected chi connectivity index (χ1v) is 6.47. The molecule has 1 unspecified atom stereocenters. The summed E-state index contributed by atoms with van der Waals surface area (Å²) < 4.78 is 27.5. The number of hydrogen-bond donors (Lipinski definition) is 1. The molecular formula is C14H20F2N2. The van der Waals surface area contributed by atoms with Crippen molar-refractivity contribution in [1.29, 1.82) is 0 Å². The molecule has 0 bridgehead atoms. The van der Waals surface area contributed by atoms with Crippen LogP contribution in [0.1, 0.15) is 30.9 Å². The van der Waals surface area contributed by atoms with E-state index >= 15 is 0 Å². The van der Waals surface area contributed by atoms with Crippen LogP contribution < -0.4 is 5.73 Å². The molecule has 100 valence electrons. The zero-order chi connectivity index (χ0) is 13.1. The molecule has 1 aliphatic carbocycles. The van der Waals surface area contributed by atoms with E-state index in [9.17, 15) is 8.78 Å². The van der Waals surface area contributed by atoms with Crippen molar-refractivity contribution in [3.8, 4) is 0 Å². The fourth-order valence-electron chi connectivity index (χ4n) is 2.56. The number of likely N-dealkylation sites (N-methyl/N-ethyl adjacent to an activating group) is 1. The van der Waals surface area contributed by atoms with Crippen LogP contribution >= 0.6 is 0 Å². The van der Waals surface area contributed by atoms with E-state index in [-0.39, 0.29) is 18.2 Å². The number of benzene rings is 1. The van der Waals surface area contributed by atoms with Gasteiger partial charge >= 0.3 is 0 Å². The highest BCUT2D eigenvalue weighted by atomic mass is 19.1. The minimum atomic E-state index is -0.508. The topological polar surface area (TPSA) is 29.3 Å². The maximum atomic E-state index is 13.8. The van der Waals surface area contributed by atoms with Crippen molar-refractivity contribution >= 4 is 0 Å². The molecule has 1 aliphatic rings. The summed E-state index contributed by atoms with van der Waals surface area (Å²) in [5, 5.41) is 0. The zero-order valence-corrected chi connectivity index (χ0v) is 10.7. The van der Waals surface area contributed by atoms with Gasteiger partial charge in [-0.1, -0.05) is 12.5 Å². The van der Waals surface area contributed by atoms with Crippen molar-refractivity contribution in [3.05, 3.63) is 35.4 Å². The Kier molecular flexibility index (Phi) is 4.30. The second kappa shape index (κ2) is 5.76. The van der Waals surface area contributed by atoms with Crippen molar-refractivity contribution in [2.45, 2.75) is 25.3 Å². The van der Waals surface area contributed by atoms with Gasteiger partial charge in [0.05, 0.1) is 6.04 Å². The molecule has 0 aromatic heterocycles. The van der Waals surface area contributed by atoms with Crippen LogP contribution in [0.25, 0.3) is 0 Å². The van der Waals surface area contributed by atoms with Gasteiger partial charge in [0, 0.05) is 18.7 Å². The molecule has 0 saturated heterocycles. The standard InChI is InChI=1S/C14H20F2N2/c1-18(9-10-4-2-5-10)13(8-17)14-11(15)6-3-7-12(14)16/h3,6-7,10,13H,2,4-5,8-9,17H2,1H3. The number of hydrogen-bond acceptors (Lipinski definition) is 2. The smallest absolute Gasteiger partial charge is 0.130 e. The first-order valence-electron chi connectivity index (χ1n) is 6.47. The van der Waals surface area contributed by atoms with Gasteiger partial charge in [-0.2, -0.15) is 0 Å². The molecule has 0 amide bonds. The van der Waals surface area contributed by atoms with Crippen LogP contribution in [0.15, 0.2) is 18.2 Å². The Hall–Kier alpha value is -1.00. The molecule has 0 radical (unpaired) electrons. The molecule has 1 aromatic rings. The third-order valence-electron chi connectivity index (χ3n) is 3.86. The van der Waals surface area contributed by atoms with Gasteiger partial charge in [-0.25, -0.2) is 8.78 Å². The average molecular weight is 254 g/mol. The minimum Gasteiger partial charge on any atom is -0.329 e. The lowest BCUT2D eigenvalue weighted by atomic mass is 9.84. The summed E-state index contributed by atoms with van der Waals surface area (Å²) in [7, 11) is 1.89. The van der Waals surface area contributed by atoms with Gasteiger partial charge in [-0.05, 0) is 37.9 Å². The Morgan fingerprint density at radius 2 is 1.94 bits per heavy atom. The van der Waals surface area contributed by atoms with Crippen LogP contribution in [-0.4, -0.2) is 25.0 Å². The van der Waals surface area contributed by atoms with Crippen LogP contribution in [0.4, 0.5) is 8.78 Å². The normalized spacial score (nSPS) is 17.8. The van der Waals surface area contributed by atoms with Crippen molar-refractivity contribution in [3.63, 3.8) is 0 Å². The SMILES string of the molecule is CN(CC1CCC1)C(CN)c1c(F)cccc1F. The zero-order valence-electron chi connectivity index (χ0n) is 10.7. The third-order valence-corrected chi connectivity index (χ3v) is 3.86. The number of rotatable bonds is 5. The molecule has 2 nitrogen and oxygen atoms in total. The molecule has 0 spiro atoms. The van der Waals surface area contributed by atoms with E-state index in [1.807, 2.05) is 11.9 Å². The molecule has 1 saturated carbocycles. The Morgan fingerprint density at radius 1 is 1.33 bits per heavy atom. The summed E-state index contributed by atoms with van der Waals surface area (Å²) in [5.74, 6) is -0.365. The van der Waals surface area contributed by atoms with Crippen LogP contribution in [0.3, 0.4) is 0 Å². The van der Waals surface area contributed by atoms with Crippen molar-refractivity contribution in [2.24, 2.45) is 11.7 Å². The minimum absolute atomic E-state index is 0.0989. The molecule has 0 aliphatic heterocycles. The van der Waals surface area contributed by atoms with E-state index in [4.69, 9.17) is 5.73 Å². The lowest BCUT2D eigenvalue weighted by Gasteiger charge is -2.34. The Labute approximate surface area is 107 Å². The first kappa shape index (κ1) is 13.4. The van der Waals surface area contributed by atoms with Gasteiger partial charge in [-0.15, -0.1) is 0 Å². The van der Waals surface area contributed by atoms with Gasteiger partial charge in [0.25, 0.3) is 0 Å². The van der Waals surface area contributed by atoms with Crippen molar-refractivity contribution in [2.75, 3.05) is 20.1 Å². The average Bonchev–Trinajstić information content (AvgIpc) is 2.28. The van der Waals surface area contributed by atoms with Crippen molar-refractivity contribution < 1.29 is 8.78 Å². The Balaban J connectivity index is 2.15. The van der Waals surface area contributed by atoms with Crippen LogP contribution in [0.2, 0.25) is 0 Å². The van der Waals surface area contributed by atoms with E-state index in [1.165, 1.54) is 37.5 Å². The van der Waals surface area contributed by atoms with Gasteiger partial charge in [0.2, 0.25) is 0 Å². The monoisotopic (exact) mass is 254 g/mol. The molecule has 1 fully saturated rings. The highest BCUT2D eigenvalue weighted by Gasteiger charge is 2.26. The molecule has 1 aromatic carbocycles. The number of nitrogens with zero attached hydrogens (tertiary/aromatic N) is 1. The summed E-state index contributed by atoms with van der Waals surface area (Å²) in [6.07, 6.45) is 3.68. The van der Waals surface area contributed by atoms with E-state index < -0.39 is 11.6 Å². The second-order valence-electron chi connectivity index (χ2n) is 5.12. The molecule has 4 heteroatoms. The van der Waals surface area contributed by atoms with E-state index in [0.29, 0.717) is 5.92 Å². The molecule has 18 heavy (non-hydrogen) atoms. The Morgan fingerprint density at radius 3 is 2.39 bits per heavy atom. The van der Waals surface area contributed by atoms with E-state index in [1.54, 1.807) is 0 Å². The summed E-state index contributed by atoms with van der Waals surface area (Å²) >= 11 is 0. The van der Waals surface area contributed by atoms with Crippen LogP contribution in [0.5, 0.6) is 0 Å². The summed E-state index contributed by atoms with van der Waals surface area (Å²) in [4.78, 5) is 1.98. The van der Waals surface area contributed by atoms with Crippen molar-refractivity contribution in [1.82, 2.24) is 4.90 Å². The lowest BCUT2D eigenvalue weighted by Crippen LogP contribution is -2.37. The predicted octanol–water partition coefficient (Wildman–Crippen LogP) is 2.70. The number of halogens is 2. The van der Waals surface area contributed by atoms with Gasteiger partial charge in [0.15, 0.2) is 0 Å². The van der Waals surface area contributed by atoms with Crippen LogP contribution in [0, 0.1) is 17.6 Å². The molecule has 0 heterocycles. The van der Waals surface area contributed by atoms with E-state index in [2.05, 4.69) is 0 Å². The summed E-state index contributed by atoms with van der Waals surface area (Å²) in [6.45, 7) is 1.08. The first-order chi connectivity index (χ1) is 8.63. The fraction of sp³-hybridized carbons (Fsp3) is 0.571. The summed E-state index contributed by atoms with van der Waals surface area (Å²) in [5.41, 5.74) is 5.80.